The molecular formula is C9H17ClO5. The first-order valence-corrected chi connectivity index (χ1v) is 4.95. The van der Waals surface area contributed by atoms with Gasteiger partial charge in [-0.3, -0.25) is 0 Å². The molecule has 0 radical (unpaired) electrons. The smallest absolute Gasteiger partial charge is 0.403 e. The average Bonchev–Trinajstić information content (AvgIpc) is 2.17. The molecule has 0 aliphatic heterocycles. The number of methoxy groups -OCH3 is 1. The fourth-order valence-corrected chi connectivity index (χ4v) is 0.750. The monoisotopic (exact) mass is 240 g/mol. The number of carbonyl (C=O) groups excluding carboxylic acids is 2. The van der Waals surface area contributed by atoms with Crippen LogP contribution in [0.2, 0.25) is 0 Å². The number of hydrogen-bond donors (Lipinski definition) is 1. The van der Waals surface area contributed by atoms with E-state index in [1.54, 1.807) is 6.92 Å². The van der Waals surface area contributed by atoms with Gasteiger partial charge in [0.25, 0.3) is 0 Å². The van der Waals surface area contributed by atoms with Crippen molar-refractivity contribution in [3.8, 4) is 0 Å². The number of esters is 1. The molecule has 90 valence electrons. The third-order valence-electron chi connectivity index (χ3n) is 1.29. The highest BCUT2D eigenvalue weighted by atomic mass is 35.5. The van der Waals surface area contributed by atoms with Crippen molar-refractivity contribution in [3.05, 3.63) is 0 Å². The predicted molar refractivity (Wildman–Crippen MR) is 55.8 cm³/mol. The number of hydrogen-bond acceptors (Lipinski definition) is 5. The first-order valence-electron chi connectivity index (χ1n) is 4.57. The maximum atomic E-state index is 10.4. The highest BCUT2D eigenvalue weighted by molar-refractivity contribution is 6.61. The van der Waals surface area contributed by atoms with E-state index in [4.69, 9.17) is 16.7 Å². The van der Waals surface area contributed by atoms with E-state index in [0.29, 0.717) is 13.0 Å². The standard InChI is InChI=1S/C6H12O3.C3H5ClO2/c1-3-4-5(7)6(8)9-2;1-2-6-3(4)5/h5,7H,3-4H2,1-2H3;2H2,1H3. The maximum Gasteiger partial charge on any atom is 0.403 e. The Morgan fingerprint density at radius 1 is 1.40 bits per heavy atom. The van der Waals surface area contributed by atoms with Gasteiger partial charge < -0.3 is 14.6 Å². The molecule has 0 saturated heterocycles. The molecule has 6 heteroatoms. The van der Waals surface area contributed by atoms with Crippen LogP contribution in [0.25, 0.3) is 0 Å². The van der Waals surface area contributed by atoms with Crippen LogP contribution < -0.4 is 0 Å². The maximum absolute atomic E-state index is 10.4. The second kappa shape index (κ2) is 11.3. The summed E-state index contributed by atoms with van der Waals surface area (Å²) in [4.78, 5) is 20.0. The molecule has 0 spiro atoms. The molecule has 0 aliphatic rings. The van der Waals surface area contributed by atoms with Crippen LogP contribution in [0, 0.1) is 0 Å². The molecule has 0 aromatic rings. The molecule has 0 fully saturated rings. The molecule has 15 heavy (non-hydrogen) atoms. The molecule has 1 atom stereocenters. The first kappa shape index (κ1) is 16.6. The summed E-state index contributed by atoms with van der Waals surface area (Å²) >= 11 is 4.72. The Labute approximate surface area is 94.3 Å². The summed E-state index contributed by atoms with van der Waals surface area (Å²) in [6.07, 6.45) is 0.336. The van der Waals surface area contributed by atoms with Crippen LogP contribution >= 0.6 is 11.6 Å². The third-order valence-corrected chi connectivity index (χ3v) is 1.40. The van der Waals surface area contributed by atoms with Crippen LogP contribution in [0.4, 0.5) is 4.79 Å². The Bertz CT molecular complexity index is 183. The highest BCUT2D eigenvalue weighted by Gasteiger charge is 2.12. The normalized spacial score (nSPS) is 10.7. The van der Waals surface area contributed by atoms with Crippen molar-refractivity contribution in [1.82, 2.24) is 0 Å². The zero-order valence-corrected chi connectivity index (χ0v) is 9.91. The topological polar surface area (TPSA) is 72.8 Å². The van der Waals surface area contributed by atoms with Crippen LogP contribution in [0.5, 0.6) is 0 Å². The summed E-state index contributed by atoms with van der Waals surface area (Å²) in [7, 11) is 1.27. The summed E-state index contributed by atoms with van der Waals surface area (Å²) < 4.78 is 8.44. The fourth-order valence-electron chi connectivity index (χ4n) is 0.641. The van der Waals surface area contributed by atoms with E-state index >= 15 is 0 Å². The van der Waals surface area contributed by atoms with E-state index in [-0.39, 0.29) is 0 Å². The first-order chi connectivity index (χ1) is 6.99. The molecule has 5 nitrogen and oxygen atoms in total. The predicted octanol–water partition coefficient (Wildman–Crippen LogP) is 1.70. The van der Waals surface area contributed by atoms with Crippen molar-refractivity contribution < 1.29 is 24.2 Å². The van der Waals surface area contributed by atoms with E-state index in [9.17, 15) is 9.59 Å². The molecule has 1 N–H and O–H groups in total. The molecular weight excluding hydrogens is 224 g/mol. The number of aliphatic hydroxyl groups excluding tert-OH is 1. The quantitative estimate of drug-likeness (QED) is 0.598. The van der Waals surface area contributed by atoms with Crippen LogP contribution in [0.15, 0.2) is 0 Å². The van der Waals surface area contributed by atoms with Gasteiger partial charge in [0.1, 0.15) is 0 Å². The van der Waals surface area contributed by atoms with Crippen molar-refractivity contribution in [3.63, 3.8) is 0 Å². The van der Waals surface area contributed by atoms with E-state index in [0.717, 1.165) is 6.42 Å². The molecule has 0 rings (SSSR count). The lowest BCUT2D eigenvalue weighted by Crippen LogP contribution is -2.20. The molecule has 0 heterocycles. The Kier molecular flexibility index (Phi) is 12.5. The molecule has 0 aliphatic carbocycles. The minimum Gasteiger partial charge on any atom is -0.467 e. The van der Waals surface area contributed by atoms with Gasteiger partial charge in [0.15, 0.2) is 6.10 Å². The molecule has 1 unspecified atom stereocenters. The second-order valence-corrected chi connectivity index (χ2v) is 2.81. The minimum absolute atomic E-state index is 0.350. The van der Waals surface area contributed by atoms with Crippen LogP contribution in [-0.4, -0.2) is 36.3 Å². The van der Waals surface area contributed by atoms with Gasteiger partial charge in [-0.2, -0.15) is 0 Å². The largest absolute Gasteiger partial charge is 0.467 e. The summed E-state index contributed by atoms with van der Waals surface area (Å²) in [5.41, 5.74) is -0.738. The van der Waals surface area contributed by atoms with Crippen LogP contribution in [0.3, 0.4) is 0 Å². The van der Waals surface area contributed by atoms with Gasteiger partial charge in [-0.25, -0.2) is 9.59 Å². The average molecular weight is 241 g/mol. The number of rotatable bonds is 4. The van der Waals surface area contributed by atoms with Crippen molar-refractivity contribution in [2.75, 3.05) is 13.7 Å². The summed E-state index contributed by atoms with van der Waals surface area (Å²) in [6, 6.07) is 0. The summed E-state index contributed by atoms with van der Waals surface area (Å²) in [5.74, 6) is -0.545. The van der Waals surface area contributed by atoms with Gasteiger partial charge in [0, 0.05) is 11.6 Å². The number of aliphatic hydroxyl groups is 1. The zero-order valence-electron chi connectivity index (χ0n) is 9.16. The second-order valence-electron chi connectivity index (χ2n) is 2.50. The lowest BCUT2D eigenvalue weighted by Gasteiger charge is -2.04. The van der Waals surface area contributed by atoms with Gasteiger partial charge in [0.05, 0.1) is 13.7 Å². The third kappa shape index (κ3) is 13.2. The van der Waals surface area contributed by atoms with Crippen molar-refractivity contribution in [2.45, 2.75) is 32.8 Å². The van der Waals surface area contributed by atoms with Crippen LogP contribution in [-0.2, 0) is 14.3 Å². The molecule has 0 saturated carbocycles. The Balaban J connectivity index is 0. The van der Waals surface area contributed by atoms with E-state index in [2.05, 4.69) is 9.47 Å². The van der Waals surface area contributed by atoms with Gasteiger partial charge in [-0.1, -0.05) is 13.3 Å². The van der Waals surface area contributed by atoms with E-state index in [1.165, 1.54) is 7.11 Å². The molecule has 0 aromatic heterocycles. The zero-order chi connectivity index (χ0) is 12.3. The van der Waals surface area contributed by atoms with Crippen molar-refractivity contribution in [1.29, 1.82) is 0 Å². The minimum atomic E-state index is -0.931. The van der Waals surface area contributed by atoms with Gasteiger partial charge in [0.2, 0.25) is 0 Å². The fraction of sp³-hybridized carbons (Fsp3) is 0.778. The van der Waals surface area contributed by atoms with Crippen molar-refractivity contribution in [2.24, 2.45) is 0 Å². The number of ether oxygens (including phenoxy) is 2. The molecule has 0 bridgehead atoms. The van der Waals surface area contributed by atoms with Crippen LogP contribution in [0.1, 0.15) is 26.7 Å². The van der Waals surface area contributed by atoms with E-state index < -0.39 is 17.5 Å². The Morgan fingerprint density at radius 3 is 2.13 bits per heavy atom. The van der Waals surface area contributed by atoms with E-state index in [1.807, 2.05) is 6.92 Å². The lowest BCUT2D eigenvalue weighted by molar-refractivity contribution is -0.150. The Morgan fingerprint density at radius 2 is 1.93 bits per heavy atom. The summed E-state index contributed by atoms with van der Waals surface area (Å²) in [5, 5.41) is 8.84. The molecule has 0 amide bonds. The number of halogens is 1. The number of carbonyl (C=O) groups is 2. The SMILES string of the molecule is CCCC(O)C(=O)OC.CCOC(=O)Cl. The van der Waals surface area contributed by atoms with Gasteiger partial charge in [-0.15, -0.1) is 0 Å². The molecule has 0 aromatic carbocycles. The van der Waals surface area contributed by atoms with Gasteiger partial charge >= 0.3 is 11.4 Å². The summed E-state index contributed by atoms with van der Waals surface area (Å²) in [6.45, 7) is 3.94. The lowest BCUT2D eigenvalue weighted by atomic mass is 10.2. The van der Waals surface area contributed by atoms with Crippen molar-refractivity contribution >= 4 is 23.0 Å². The highest BCUT2D eigenvalue weighted by Crippen LogP contribution is 1.96. The van der Waals surface area contributed by atoms with Gasteiger partial charge in [-0.05, 0) is 13.3 Å². The Hall–Kier alpha value is -0.810.